The van der Waals surface area contributed by atoms with Crippen LogP contribution < -0.4 is 10.6 Å². The topological polar surface area (TPSA) is 61.4 Å². The molecule has 1 amide bonds. The third-order valence-electron chi connectivity index (χ3n) is 3.90. The monoisotopic (exact) mass is 270 g/mol. The molecule has 1 aliphatic rings. The lowest BCUT2D eigenvalue weighted by Crippen LogP contribution is -2.45. The van der Waals surface area contributed by atoms with Crippen molar-refractivity contribution in [1.29, 1.82) is 0 Å². The van der Waals surface area contributed by atoms with E-state index in [1.54, 1.807) is 0 Å². The van der Waals surface area contributed by atoms with E-state index in [9.17, 15) is 9.90 Å². The lowest BCUT2D eigenvalue weighted by Gasteiger charge is -2.27. The van der Waals surface area contributed by atoms with Crippen LogP contribution in [0.15, 0.2) is 0 Å². The van der Waals surface area contributed by atoms with Gasteiger partial charge in [0.05, 0.1) is 12.1 Å². The summed E-state index contributed by atoms with van der Waals surface area (Å²) in [5.41, 5.74) is -0.605. The van der Waals surface area contributed by atoms with Gasteiger partial charge in [-0.15, -0.1) is 0 Å². The smallest absolute Gasteiger partial charge is 0.234 e. The van der Waals surface area contributed by atoms with Crippen LogP contribution in [0.2, 0.25) is 0 Å². The fourth-order valence-electron chi connectivity index (χ4n) is 2.80. The molecule has 0 heterocycles. The number of hydrogen-bond donors (Lipinski definition) is 3. The van der Waals surface area contributed by atoms with Gasteiger partial charge in [0.15, 0.2) is 0 Å². The van der Waals surface area contributed by atoms with Crippen molar-refractivity contribution in [2.24, 2.45) is 0 Å². The van der Waals surface area contributed by atoms with Gasteiger partial charge in [-0.05, 0) is 26.2 Å². The predicted octanol–water partition coefficient (Wildman–Crippen LogP) is 1.97. The van der Waals surface area contributed by atoms with E-state index in [2.05, 4.69) is 17.6 Å². The van der Waals surface area contributed by atoms with Crippen LogP contribution in [0.1, 0.15) is 65.2 Å². The van der Waals surface area contributed by atoms with Crippen molar-refractivity contribution in [2.75, 3.05) is 13.1 Å². The first-order valence-electron chi connectivity index (χ1n) is 7.78. The minimum atomic E-state index is -0.605. The first kappa shape index (κ1) is 16.4. The Bertz CT molecular complexity index is 261. The summed E-state index contributed by atoms with van der Waals surface area (Å²) >= 11 is 0. The molecule has 0 saturated heterocycles. The Morgan fingerprint density at radius 3 is 2.47 bits per heavy atom. The molecular weight excluding hydrogens is 240 g/mol. The van der Waals surface area contributed by atoms with Crippen LogP contribution in [-0.4, -0.2) is 35.7 Å². The van der Waals surface area contributed by atoms with Crippen molar-refractivity contribution in [3.63, 3.8) is 0 Å². The van der Waals surface area contributed by atoms with Crippen molar-refractivity contribution in [3.05, 3.63) is 0 Å². The van der Waals surface area contributed by atoms with Gasteiger partial charge in [-0.25, -0.2) is 0 Å². The van der Waals surface area contributed by atoms with E-state index >= 15 is 0 Å². The van der Waals surface area contributed by atoms with E-state index < -0.39 is 5.60 Å². The maximum absolute atomic E-state index is 11.7. The van der Waals surface area contributed by atoms with Gasteiger partial charge in [0.2, 0.25) is 5.91 Å². The van der Waals surface area contributed by atoms with E-state index in [1.807, 2.05) is 6.92 Å². The zero-order valence-electron chi connectivity index (χ0n) is 12.5. The molecule has 1 rings (SSSR count). The van der Waals surface area contributed by atoms with Crippen molar-refractivity contribution in [3.8, 4) is 0 Å². The molecule has 0 aromatic heterocycles. The van der Waals surface area contributed by atoms with E-state index in [0.717, 1.165) is 38.5 Å². The summed E-state index contributed by atoms with van der Waals surface area (Å²) in [6.45, 7) is 4.97. The SMILES string of the molecule is CCCC(C)NC(=O)CNCC1(O)CCCCCC1. The second-order valence-corrected chi connectivity index (χ2v) is 6.00. The molecule has 3 N–H and O–H groups in total. The Balaban J connectivity index is 2.19. The van der Waals surface area contributed by atoms with Crippen LogP contribution in [-0.2, 0) is 4.79 Å². The van der Waals surface area contributed by atoms with Gasteiger partial charge >= 0.3 is 0 Å². The lowest BCUT2D eigenvalue weighted by atomic mass is 9.94. The normalized spacial score (nSPS) is 20.6. The molecule has 1 fully saturated rings. The van der Waals surface area contributed by atoms with Crippen molar-refractivity contribution in [2.45, 2.75) is 76.9 Å². The summed E-state index contributed by atoms with van der Waals surface area (Å²) in [6, 6.07) is 0.236. The molecule has 19 heavy (non-hydrogen) atoms. The number of aliphatic hydroxyl groups is 1. The highest BCUT2D eigenvalue weighted by Crippen LogP contribution is 2.26. The fourth-order valence-corrected chi connectivity index (χ4v) is 2.80. The average Bonchev–Trinajstić information content (AvgIpc) is 2.54. The number of rotatable bonds is 7. The highest BCUT2D eigenvalue weighted by Gasteiger charge is 2.27. The Morgan fingerprint density at radius 2 is 1.89 bits per heavy atom. The van der Waals surface area contributed by atoms with Crippen LogP contribution in [0.5, 0.6) is 0 Å². The minimum absolute atomic E-state index is 0.0261. The molecule has 0 radical (unpaired) electrons. The number of carbonyl (C=O) groups excluding carboxylic acids is 1. The molecule has 0 spiro atoms. The van der Waals surface area contributed by atoms with E-state index in [0.29, 0.717) is 13.1 Å². The van der Waals surface area contributed by atoms with Gasteiger partial charge in [-0.2, -0.15) is 0 Å². The summed E-state index contributed by atoms with van der Waals surface area (Å²) in [4.78, 5) is 11.7. The third kappa shape index (κ3) is 6.92. The van der Waals surface area contributed by atoms with Gasteiger partial charge in [-0.1, -0.05) is 39.0 Å². The Labute approximate surface area is 117 Å². The first-order chi connectivity index (χ1) is 9.06. The van der Waals surface area contributed by atoms with Crippen LogP contribution >= 0.6 is 0 Å². The van der Waals surface area contributed by atoms with Gasteiger partial charge in [-0.3, -0.25) is 4.79 Å². The summed E-state index contributed by atoms with van der Waals surface area (Å²) in [6.07, 6.45) is 8.43. The fraction of sp³-hybridized carbons (Fsp3) is 0.933. The highest BCUT2D eigenvalue weighted by atomic mass is 16.3. The molecule has 0 aliphatic heterocycles. The number of nitrogens with one attached hydrogen (secondary N) is 2. The Kier molecular flexibility index (Phi) is 7.39. The summed E-state index contributed by atoms with van der Waals surface area (Å²) in [7, 11) is 0. The van der Waals surface area contributed by atoms with Gasteiger partial charge in [0.25, 0.3) is 0 Å². The molecule has 0 aromatic rings. The minimum Gasteiger partial charge on any atom is -0.389 e. The lowest BCUT2D eigenvalue weighted by molar-refractivity contribution is -0.121. The highest BCUT2D eigenvalue weighted by molar-refractivity contribution is 5.78. The molecule has 1 unspecified atom stereocenters. The maximum Gasteiger partial charge on any atom is 0.234 e. The quantitative estimate of drug-likeness (QED) is 0.620. The Hall–Kier alpha value is -0.610. The second kappa shape index (κ2) is 8.54. The van der Waals surface area contributed by atoms with Crippen molar-refractivity contribution >= 4 is 5.91 Å². The summed E-state index contributed by atoms with van der Waals surface area (Å²) in [5.74, 6) is 0.0261. The van der Waals surface area contributed by atoms with Gasteiger partial charge < -0.3 is 15.7 Å². The molecule has 1 saturated carbocycles. The van der Waals surface area contributed by atoms with Crippen LogP contribution in [0.4, 0.5) is 0 Å². The zero-order chi connectivity index (χ0) is 14.1. The molecular formula is C15H30N2O2. The van der Waals surface area contributed by atoms with Gasteiger partial charge in [0.1, 0.15) is 0 Å². The maximum atomic E-state index is 11.7. The number of hydrogen-bond acceptors (Lipinski definition) is 3. The second-order valence-electron chi connectivity index (χ2n) is 6.00. The molecule has 4 nitrogen and oxygen atoms in total. The molecule has 112 valence electrons. The standard InChI is InChI=1S/C15H30N2O2/c1-3-8-13(2)17-14(18)11-16-12-15(19)9-6-4-5-7-10-15/h13,16,19H,3-12H2,1-2H3,(H,17,18). The predicted molar refractivity (Wildman–Crippen MR) is 78.0 cm³/mol. The molecule has 4 heteroatoms. The third-order valence-corrected chi connectivity index (χ3v) is 3.90. The molecule has 1 atom stereocenters. The van der Waals surface area contributed by atoms with Crippen LogP contribution in [0, 0.1) is 0 Å². The van der Waals surface area contributed by atoms with Crippen molar-refractivity contribution < 1.29 is 9.90 Å². The Morgan fingerprint density at radius 1 is 1.26 bits per heavy atom. The van der Waals surface area contributed by atoms with Gasteiger partial charge in [0, 0.05) is 12.6 Å². The summed E-state index contributed by atoms with van der Waals surface area (Å²) in [5, 5.41) is 16.5. The van der Waals surface area contributed by atoms with E-state index in [-0.39, 0.29) is 11.9 Å². The largest absolute Gasteiger partial charge is 0.389 e. The molecule has 0 aromatic carbocycles. The molecule has 0 bridgehead atoms. The average molecular weight is 270 g/mol. The van der Waals surface area contributed by atoms with Crippen molar-refractivity contribution in [1.82, 2.24) is 10.6 Å². The molecule has 1 aliphatic carbocycles. The van der Waals surface area contributed by atoms with Crippen LogP contribution in [0.3, 0.4) is 0 Å². The number of carbonyl (C=O) groups is 1. The van der Waals surface area contributed by atoms with E-state index in [4.69, 9.17) is 0 Å². The summed E-state index contributed by atoms with van der Waals surface area (Å²) < 4.78 is 0. The number of amides is 1. The van der Waals surface area contributed by atoms with E-state index in [1.165, 1.54) is 12.8 Å². The first-order valence-corrected chi connectivity index (χ1v) is 7.78. The van der Waals surface area contributed by atoms with Crippen LogP contribution in [0.25, 0.3) is 0 Å². The zero-order valence-corrected chi connectivity index (χ0v) is 12.5.